The van der Waals surface area contributed by atoms with Gasteiger partial charge in [0, 0.05) is 38.7 Å². The third kappa shape index (κ3) is 5.31. The SMILES string of the molecule is COc1cccc(C[C@H]2CN(Cc3ccc(NC(C)=O)cc3)CCO2)c1. The van der Waals surface area contributed by atoms with E-state index in [1.807, 2.05) is 24.3 Å². The van der Waals surface area contributed by atoms with Gasteiger partial charge >= 0.3 is 0 Å². The van der Waals surface area contributed by atoms with Crippen LogP contribution in [0.3, 0.4) is 0 Å². The van der Waals surface area contributed by atoms with Gasteiger partial charge in [-0.25, -0.2) is 0 Å². The lowest BCUT2D eigenvalue weighted by molar-refractivity contribution is -0.114. The van der Waals surface area contributed by atoms with Crippen LogP contribution in [0.2, 0.25) is 0 Å². The van der Waals surface area contributed by atoms with Crippen molar-refractivity contribution in [3.63, 3.8) is 0 Å². The average Bonchev–Trinajstić information content (AvgIpc) is 2.63. The van der Waals surface area contributed by atoms with Crippen LogP contribution >= 0.6 is 0 Å². The van der Waals surface area contributed by atoms with Crippen molar-refractivity contribution in [3.05, 3.63) is 59.7 Å². The predicted octanol–water partition coefficient (Wildman–Crippen LogP) is 3.10. The fraction of sp³-hybridized carbons (Fsp3) is 0.381. The summed E-state index contributed by atoms with van der Waals surface area (Å²) in [7, 11) is 1.69. The molecule has 3 rings (SSSR count). The van der Waals surface area contributed by atoms with Gasteiger partial charge in [-0.3, -0.25) is 9.69 Å². The molecule has 1 fully saturated rings. The molecule has 1 atom stereocenters. The molecule has 5 heteroatoms. The van der Waals surface area contributed by atoms with E-state index in [2.05, 4.69) is 34.5 Å². The molecule has 0 aromatic heterocycles. The van der Waals surface area contributed by atoms with E-state index in [9.17, 15) is 4.79 Å². The third-order valence-corrected chi connectivity index (χ3v) is 4.50. The Labute approximate surface area is 154 Å². The van der Waals surface area contributed by atoms with Gasteiger partial charge in [0.05, 0.1) is 19.8 Å². The van der Waals surface area contributed by atoms with Gasteiger partial charge in [0.15, 0.2) is 0 Å². The number of anilines is 1. The number of nitrogens with zero attached hydrogens (tertiary/aromatic N) is 1. The maximum absolute atomic E-state index is 11.1. The smallest absolute Gasteiger partial charge is 0.221 e. The minimum atomic E-state index is -0.0497. The first-order valence-electron chi connectivity index (χ1n) is 8.96. The van der Waals surface area contributed by atoms with E-state index in [0.717, 1.165) is 44.1 Å². The van der Waals surface area contributed by atoms with E-state index in [1.165, 1.54) is 18.1 Å². The summed E-state index contributed by atoms with van der Waals surface area (Å²) in [5.41, 5.74) is 3.30. The first-order chi connectivity index (χ1) is 12.6. The molecule has 0 bridgehead atoms. The summed E-state index contributed by atoms with van der Waals surface area (Å²) in [6.45, 7) is 4.99. The molecule has 2 aromatic carbocycles. The number of ether oxygens (including phenoxy) is 2. The molecule has 1 N–H and O–H groups in total. The zero-order chi connectivity index (χ0) is 18.4. The monoisotopic (exact) mass is 354 g/mol. The zero-order valence-electron chi connectivity index (χ0n) is 15.4. The molecule has 0 spiro atoms. The van der Waals surface area contributed by atoms with Crippen LogP contribution in [-0.4, -0.2) is 43.7 Å². The van der Waals surface area contributed by atoms with E-state index in [4.69, 9.17) is 9.47 Å². The van der Waals surface area contributed by atoms with E-state index in [-0.39, 0.29) is 12.0 Å². The maximum atomic E-state index is 11.1. The van der Waals surface area contributed by atoms with Crippen LogP contribution in [0.4, 0.5) is 5.69 Å². The summed E-state index contributed by atoms with van der Waals surface area (Å²) in [5, 5.41) is 2.80. The number of benzene rings is 2. The summed E-state index contributed by atoms with van der Waals surface area (Å²) in [6.07, 6.45) is 1.07. The van der Waals surface area contributed by atoms with Crippen LogP contribution in [0.15, 0.2) is 48.5 Å². The van der Waals surface area contributed by atoms with Gasteiger partial charge in [-0.05, 0) is 35.4 Å². The summed E-state index contributed by atoms with van der Waals surface area (Å²) in [6, 6.07) is 16.2. The van der Waals surface area contributed by atoms with E-state index in [1.54, 1.807) is 7.11 Å². The summed E-state index contributed by atoms with van der Waals surface area (Å²) >= 11 is 0. The molecule has 1 saturated heterocycles. The zero-order valence-corrected chi connectivity index (χ0v) is 15.4. The summed E-state index contributed by atoms with van der Waals surface area (Å²) < 4.78 is 11.3. The largest absolute Gasteiger partial charge is 0.497 e. The molecule has 0 unspecified atom stereocenters. The molecule has 1 aliphatic rings. The highest BCUT2D eigenvalue weighted by Gasteiger charge is 2.21. The Hall–Kier alpha value is -2.37. The first kappa shape index (κ1) is 18.4. The van der Waals surface area contributed by atoms with E-state index in [0.29, 0.717) is 0 Å². The molecule has 0 saturated carbocycles. The van der Waals surface area contributed by atoms with Gasteiger partial charge in [-0.1, -0.05) is 24.3 Å². The van der Waals surface area contributed by atoms with Crippen LogP contribution in [0.25, 0.3) is 0 Å². The maximum Gasteiger partial charge on any atom is 0.221 e. The van der Waals surface area contributed by atoms with Gasteiger partial charge < -0.3 is 14.8 Å². The molecule has 138 valence electrons. The molecule has 0 aliphatic carbocycles. The molecule has 26 heavy (non-hydrogen) atoms. The minimum Gasteiger partial charge on any atom is -0.497 e. The second-order valence-corrected chi connectivity index (χ2v) is 6.66. The van der Waals surface area contributed by atoms with Crippen molar-refractivity contribution in [3.8, 4) is 5.75 Å². The lowest BCUT2D eigenvalue weighted by Crippen LogP contribution is -2.42. The van der Waals surface area contributed by atoms with Crippen LogP contribution in [-0.2, 0) is 22.5 Å². The number of morpholine rings is 1. The number of hydrogen-bond donors (Lipinski definition) is 1. The Bertz CT molecular complexity index is 730. The Morgan fingerprint density at radius 2 is 2.04 bits per heavy atom. The van der Waals surface area contributed by atoms with Gasteiger partial charge in [0.25, 0.3) is 0 Å². The third-order valence-electron chi connectivity index (χ3n) is 4.50. The van der Waals surface area contributed by atoms with Crippen LogP contribution < -0.4 is 10.1 Å². The number of amides is 1. The van der Waals surface area contributed by atoms with Crippen molar-refractivity contribution < 1.29 is 14.3 Å². The molecule has 2 aromatic rings. The highest BCUT2D eigenvalue weighted by Crippen LogP contribution is 2.18. The van der Waals surface area contributed by atoms with Crippen molar-refractivity contribution in [1.29, 1.82) is 0 Å². The Kier molecular flexibility index (Phi) is 6.26. The Morgan fingerprint density at radius 3 is 2.77 bits per heavy atom. The molecule has 5 nitrogen and oxygen atoms in total. The van der Waals surface area contributed by atoms with Crippen molar-refractivity contribution >= 4 is 11.6 Å². The Morgan fingerprint density at radius 1 is 1.23 bits per heavy atom. The fourth-order valence-corrected chi connectivity index (χ4v) is 3.26. The number of methoxy groups -OCH3 is 1. The normalized spacial score (nSPS) is 17.7. The van der Waals surface area contributed by atoms with Gasteiger partial charge in [-0.2, -0.15) is 0 Å². The minimum absolute atomic E-state index is 0.0497. The van der Waals surface area contributed by atoms with Crippen molar-refractivity contribution in [2.45, 2.75) is 26.0 Å². The van der Waals surface area contributed by atoms with E-state index < -0.39 is 0 Å². The summed E-state index contributed by atoms with van der Waals surface area (Å²) in [5.74, 6) is 0.834. The quantitative estimate of drug-likeness (QED) is 0.866. The second kappa shape index (κ2) is 8.83. The average molecular weight is 354 g/mol. The number of rotatable bonds is 6. The van der Waals surface area contributed by atoms with Crippen molar-refractivity contribution in [2.24, 2.45) is 0 Å². The molecule has 0 radical (unpaired) electrons. The first-order valence-corrected chi connectivity index (χ1v) is 8.96. The van der Waals surface area contributed by atoms with E-state index >= 15 is 0 Å². The second-order valence-electron chi connectivity index (χ2n) is 6.66. The standard InChI is InChI=1S/C21H26N2O3/c1-16(24)22-19-8-6-17(7-9-19)14-23-10-11-26-21(15-23)13-18-4-3-5-20(12-18)25-2/h3-9,12,21H,10-11,13-15H2,1-2H3,(H,22,24)/t21-/m0/s1. The van der Waals surface area contributed by atoms with Gasteiger partial charge in [-0.15, -0.1) is 0 Å². The predicted molar refractivity (Wildman–Crippen MR) is 102 cm³/mol. The van der Waals surface area contributed by atoms with Crippen molar-refractivity contribution in [2.75, 3.05) is 32.1 Å². The Balaban J connectivity index is 1.55. The van der Waals surface area contributed by atoms with Gasteiger partial charge in [0.1, 0.15) is 5.75 Å². The number of nitrogens with one attached hydrogen (secondary N) is 1. The topological polar surface area (TPSA) is 50.8 Å². The highest BCUT2D eigenvalue weighted by molar-refractivity contribution is 5.88. The molecule has 1 amide bonds. The lowest BCUT2D eigenvalue weighted by Gasteiger charge is -2.33. The molecular formula is C21H26N2O3. The highest BCUT2D eigenvalue weighted by atomic mass is 16.5. The van der Waals surface area contributed by atoms with Crippen molar-refractivity contribution in [1.82, 2.24) is 4.90 Å². The van der Waals surface area contributed by atoms with Gasteiger partial charge in [0.2, 0.25) is 5.91 Å². The molecule has 1 heterocycles. The number of hydrogen-bond acceptors (Lipinski definition) is 4. The fourth-order valence-electron chi connectivity index (χ4n) is 3.26. The lowest BCUT2D eigenvalue weighted by atomic mass is 10.1. The van der Waals surface area contributed by atoms with Crippen LogP contribution in [0.5, 0.6) is 5.75 Å². The molecular weight excluding hydrogens is 328 g/mol. The molecule has 1 aliphatic heterocycles. The number of carbonyl (C=O) groups excluding carboxylic acids is 1. The van der Waals surface area contributed by atoms with Crippen LogP contribution in [0, 0.1) is 0 Å². The number of carbonyl (C=O) groups is 1. The van der Waals surface area contributed by atoms with Crippen LogP contribution in [0.1, 0.15) is 18.1 Å². The summed E-state index contributed by atoms with van der Waals surface area (Å²) in [4.78, 5) is 13.5.